The van der Waals surface area contributed by atoms with Gasteiger partial charge in [-0.25, -0.2) is 5.14 Å². The average Bonchev–Trinajstić information content (AvgIpc) is 2.58. The number of piperidine rings is 1. The van der Waals surface area contributed by atoms with Gasteiger partial charge < -0.3 is 10.6 Å². The molecular formula is C16H27ClN4O3S. The van der Waals surface area contributed by atoms with E-state index in [0.717, 1.165) is 6.42 Å². The van der Waals surface area contributed by atoms with Crippen molar-refractivity contribution in [2.45, 2.75) is 19.3 Å². The van der Waals surface area contributed by atoms with E-state index in [-0.39, 0.29) is 24.2 Å². The quantitative estimate of drug-likeness (QED) is 0.700. The maximum atomic E-state index is 12.7. The second-order valence-corrected chi connectivity index (χ2v) is 7.61. The Morgan fingerprint density at radius 1 is 1.16 bits per heavy atom. The van der Waals surface area contributed by atoms with Gasteiger partial charge in [-0.15, -0.1) is 12.4 Å². The molecule has 2 rings (SSSR count). The second kappa shape index (κ2) is 10.1. The van der Waals surface area contributed by atoms with Crippen molar-refractivity contribution in [3.63, 3.8) is 0 Å². The number of amides is 1. The normalized spacial score (nSPS) is 16.2. The summed E-state index contributed by atoms with van der Waals surface area (Å²) in [5, 5.41) is 5.14. The van der Waals surface area contributed by atoms with Gasteiger partial charge in [-0.1, -0.05) is 30.3 Å². The topological polar surface area (TPSA) is 110 Å². The lowest BCUT2D eigenvalue weighted by Crippen LogP contribution is -2.47. The maximum absolute atomic E-state index is 12.7. The zero-order valence-corrected chi connectivity index (χ0v) is 15.8. The van der Waals surface area contributed by atoms with E-state index in [0.29, 0.717) is 45.6 Å². The van der Waals surface area contributed by atoms with Crippen LogP contribution in [0.3, 0.4) is 0 Å². The number of rotatable bonds is 7. The van der Waals surface area contributed by atoms with Gasteiger partial charge in [0, 0.05) is 38.6 Å². The van der Waals surface area contributed by atoms with E-state index in [1.807, 2.05) is 30.3 Å². The first-order chi connectivity index (χ1) is 11.4. The Morgan fingerprint density at radius 3 is 2.28 bits per heavy atom. The maximum Gasteiger partial charge on any atom is 0.276 e. The smallest absolute Gasteiger partial charge is 0.276 e. The van der Waals surface area contributed by atoms with Crippen LogP contribution >= 0.6 is 12.4 Å². The van der Waals surface area contributed by atoms with Crippen LogP contribution in [0.2, 0.25) is 0 Å². The molecule has 0 saturated carbocycles. The van der Waals surface area contributed by atoms with Crippen LogP contribution in [0, 0.1) is 5.92 Å². The Kier molecular flexibility index (Phi) is 8.81. The molecular weight excluding hydrogens is 364 g/mol. The minimum atomic E-state index is -3.66. The fourth-order valence-electron chi connectivity index (χ4n) is 3.01. The lowest BCUT2D eigenvalue weighted by Gasteiger charge is -2.32. The van der Waals surface area contributed by atoms with E-state index in [9.17, 15) is 13.2 Å². The van der Waals surface area contributed by atoms with Crippen LogP contribution in [0.15, 0.2) is 30.3 Å². The number of hydrogen-bond acceptors (Lipinski definition) is 4. The molecule has 7 nitrogen and oxygen atoms in total. The Bertz CT molecular complexity index is 634. The molecule has 1 amide bonds. The number of nitrogens with two attached hydrogens (primary N) is 2. The lowest BCUT2D eigenvalue weighted by atomic mass is 9.96. The van der Waals surface area contributed by atoms with E-state index in [2.05, 4.69) is 0 Å². The third-order valence-electron chi connectivity index (χ3n) is 4.39. The zero-order valence-electron chi connectivity index (χ0n) is 14.2. The van der Waals surface area contributed by atoms with Gasteiger partial charge in [-0.3, -0.25) is 4.79 Å². The summed E-state index contributed by atoms with van der Waals surface area (Å²) in [6, 6.07) is 10.00. The summed E-state index contributed by atoms with van der Waals surface area (Å²) in [5.41, 5.74) is 6.82. The van der Waals surface area contributed by atoms with Crippen molar-refractivity contribution in [3.8, 4) is 0 Å². The van der Waals surface area contributed by atoms with Crippen LogP contribution in [-0.4, -0.2) is 56.3 Å². The largest absolute Gasteiger partial charge is 0.341 e. The van der Waals surface area contributed by atoms with Crippen molar-refractivity contribution in [1.29, 1.82) is 0 Å². The molecule has 1 aliphatic rings. The van der Waals surface area contributed by atoms with Crippen molar-refractivity contribution in [3.05, 3.63) is 35.9 Å². The minimum absolute atomic E-state index is 0. The molecule has 0 atom stereocenters. The van der Waals surface area contributed by atoms with E-state index in [1.54, 1.807) is 4.90 Å². The first-order valence-electron chi connectivity index (χ1n) is 8.22. The first-order valence-corrected chi connectivity index (χ1v) is 9.73. The molecule has 0 unspecified atom stereocenters. The molecule has 1 heterocycles. The fraction of sp³-hybridized carbons (Fsp3) is 0.562. The number of hydrogen-bond donors (Lipinski definition) is 2. The highest BCUT2D eigenvalue weighted by molar-refractivity contribution is 7.86. The first kappa shape index (κ1) is 21.9. The molecule has 9 heteroatoms. The Hall–Kier alpha value is -1.19. The van der Waals surface area contributed by atoms with Gasteiger partial charge in [0.25, 0.3) is 10.2 Å². The van der Waals surface area contributed by atoms with E-state index in [1.165, 1.54) is 9.87 Å². The van der Waals surface area contributed by atoms with Crippen molar-refractivity contribution < 1.29 is 13.2 Å². The summed E-state index contributed by atoms with van der Waals surface area (Å²) in [6.07, 6.45) is 1.78. The predicted molar refractivity (Wildman–Crippen MR) is 100 cm³/mol. The van der Waals surface area contributed by atoms with Crippen LogP contribution in [-0.2, 0) is 21.4 Å². The number of carbonyl (C=O) groups excluding carboxylic acids is 1. The third kappa shape index (κ3) is 6.56. The highest BCUT2D eigenvalue weighted by Crippen LogP contribution is 2.21. The molecule has 1 fully saturated rings. The molecule has 1 saturated heterocycles. The van der Waals surface area contributed by atoms with Crippen LogP contribution in [0.4, 0.5) is 0 Å². The molecule has 0 radical (unpaired) electrons. The molecule has 142 valence electrons. The van der Waals surface area contributed by atoms with Crippen molar-refractivity contribution in [2.24, 2.45) is 16.8 Å². The second-order valence-electron chi connectivity index (χ2n) is 6.07. The fourth-order valence-corrected chi connectivity index (χ4v) is 3.73. The molecule has 0 aromatic heterocycles. The van der Waals surface area contributed by atoms with Gasteiger partial charge in [0.15, 0.2) is 0 Å². The van der Waals surface area contributed by atoms with E-state index in [4.69, 9.17) is 10.9 Å². The van der Waals surface area contributed by atoms with Crippen LogP contribution in [0.1, 0.15) is 18.4 Å². The molecule has 1 aliphatic heterocycles. The van der Waals surface area contributed by atoms with Crippen molar-refractivity contribution >= 4 is 28.5 Å². The zero-order chi connectivity index (χ0) is 17.6. The van der Waals surface area contributed by atoms with Crippen molar-refractivity contribution in [1.82, 2.24) is 9.21 Å². The molecule has 0 bridgehead atoms. The third-order valence-corrected chi connectivity index (χ3v) is 5.47. The van der Waals surface area contributed by atoms with Gasteiger partial charge in [-0.05, 0) is 24.8 Å². The average molecular weight is 391 g/mol. The Labute approximate surface area is 155 Å². The minimum Gasteiger partial charge on any atom is -0.341 e. The monoisotopic (exact) mass is 390 g/mol. The van der Waals surface area contributed by atoms with Gasteiger partial charge in [0.05, 0.1) is 0 Å². The molecule has 0 aliphatic carbocycles. The summed E-state index contributed by atoms with van der Waals surface area (Å²) in [6.45, 7) is 2.14. The number of carbonyl (C=O) groups is 1. The number of halogens is 1. The van der Waals surface area contributed by atoms with E-state index >= 15 is 0 Å². The summed E-state index contributed by atoms with van der Waals surface area (Å²) in [7, 11) is -3.66. The summed E-state index contributed by atoms with van der Waals surface area (Å²) in [4.78, 5) is 14.5. The van der Waals surface area contributed by atoms with Gasteiger partial charge in [0.1, 0.15) is 0 Å². The Balaban J connectivity index is 0.00000312. The molecule has 0 spiro atoms. The molecule has 4 N–H and O–H groups in total. The SMILES string of the molecule is Cl.NCCN(CCc1ccccc1)C(=O)C1CCN(S(N)(=O)=O)CC1. The van der Waals surface area contributed by atoms with Crippen molar-refractivity contribution in [2.75, 3.05) is 32.7 Å². The van der Waals surface area contributed by atoms with Crippen LogP contribution < -0.4 is 10.9 Å². The highest BCUT2D eigenvalue weighted by atomic mass is 35.5. The summed E-state index contributed by atoms with van der Waals surface area (Å²) >= 11 is 0. The summed E-state index contributed by atoms with van der Waals surface area (Å²) in [5.74, 6) is -0.101. The molecule has 25 heavy (non-hydrogen) atoms. The van der Waals surface area contributed by atoms with Gasteiger partial charge >= 0.3 is 0 Å². The highest BCUT2D eigenvalue weighted by Gasteiger charge is 2.31. The van der Waals surface area contributed by atoms with Crippen LogP contribution in [0.25, 0.3) is 0 Å². The standard InChI is InChI=1S/C16H26N4O3S.ClH/c17-9-13-19(10-6-14-4-2-1-3-5-14)16(21)15-7-11-20(12-8-15)24(18,22)23;/h1-5,15H,6-13,17H2,(H2,18,22,23);1H. The molecule has 1 aromatic carbocycles. The lowest BCUT2D eigenvalue weighted by molar-refractivity contribution is -0.136. The van der Waals surface area contributed by atoms with Gasteiger partial charge in [0.2, 0.25) is 5.91 Å². The molecule has 1 aromatic rings. The Morgan fingerprint density at radius 2 is 1.76 bits per heavy atom. The number of benzene rings is 1. The van der Waals surface area contributed by atoms with E-state index < -0.39 is 10.2 Å². The van der Waals surface area contributed by atoms with Gasteiger partial charge in [-0.2, -0.15) is 12.7 Å². The predicted octanol–water partition coefficient (Wildman–Crippen LogP) is 0.354. The van der Waals surface area contributed by atoms with Crippen LogP contribution in [0.5, 0.6) is 0 Å². The summed E-state index contributed by atoms with van der Waals surface area (Å²) < 4.78 is 23.9. The number of nitrogens with zero attached hydrogens (tertiary/aromatic N) is 2.